The monoisotopic (exact) mass is 266 g/mol. The van der Waals surface area contributed by atoms with Crippen molar-refractivity contribution in [1.82, 2.24) is 9.97 Å². The van der Waals surface area contributed by atoms with Gasteiger partial charge in [-0.25, -0.2) is 4.98 Å². The van der Waals surface area contributed by atoms with Crippen LogP contribution in [0.15, 0.2) is 42.5 Å². The zero-order valence-corrected chi connectivity index (χ0v) is 11.1. The number of carboxylic acid groups (broad SMARTS) is 1. The van der Waals surface area contributed by atoms with Crippen molar-refractivity contribution in [1.29, 1.82) is 0 Å². The van der Waals surface area contributed by atoms with E-state index in [1.165, 1.54) is 0 Å². The van der Waals surface area contributed by atoms with Crippen molar-refractivity contribution < 1.29 is 9.90 Å². The maximum absolute atomic E-state index is 10.8. The molecule has 20 heavy (non-hydrogen) atoms. The Morgan fingerprint density at radius 2 is 2.05 bits per heavy atom. The highest BCUT2D eigenvalue weighted by atomic mass is 16.4. The lowest BCUT2D eigenvalue weighted by molar-refractivity contribution is -0.136. The second-order valence-electron chi connectivity index (χ2n) is 4.82. The van der Waals surface area contributed by atoms with Crippen molar-refractivity contribution in [3.63, 3.8) is 0 Å². The van der Waals surface area contributed by atoms with Gasteiger partial charge in [-0.05, 0) is 30.2 Å². The van der Waals surface area contributed by atoms with Crippen molar-refractivity contribution in [3.05, 3.63) is 53.6 Å². The number of hydrogen-bond acceptors (Lipinski definition) is 2. The summed E-state index contributed by atoms with van der Waals surface area (Å²) in [5.41, 5.74) is 4.69. The standard InChI is InChI=1S/C16H14N2O2/c1-10-4-2-3-5-12(10)16-17-13-7-6-11(9-15(19)20)8-14(13)18-16/h2-8H,9H2,1H3,(H,17,18)(H,19,20). The van der Waals surface area contributed by atoms with Crippen LogP contribution in [0.5, 0.6) is 0 Å². The van der Waals surface area contributed by atoms with E-state index in [1.807, 2.05) is 43.3 Å². The van der Waals surface area contributed by atoms with E-state index in [0.717, 1.165) is 33.5 Å². The molecule has 0 aliphatic carbocycles. The highest BCUT2D eigenvalue weighted by Gasteiger charge is 2.08. The Kier molecular flexibility index (Phi) is 2.99. The third kappa shape index (κ3) is 2.28. The van der Waals surface area contributed by atoms with Gasteiger partial charge < -0.3 is 10.1 Å². The number of imidazole rings is 1. The Morgan fingerprint density at radius 1 is 1.25 bits per heavy atom. The second-order valence-corrected chi connectivity index (χ2v) is 4.82. The minimum Gasteiger partial charge on any atom is -0.481 e. The minimum absolute atomic E-state index is 0.0225. The first-order valence-electron chi connectivity index (χ1n) is 6.40. The van der Waals surface area contributed by atoms with Crippen LogP contribution < -0.4 is 0 Å². The molecule has 0 unspecified atom stereocenters. The van der Waals surface area contributed by atoms with Gasteiger partial charge >= 0.3 is 5.97 Å². The zero-order valence-electron chi connectivity index (χ0n) is 11.1. The van der Waals surface area contributed by atoms with Crippen LogP contribution in [0.1, 0.15) is 11.1 Å². The number of aryl methyl sites for hydroxylation is 1. The zero-order chi connectivity index (χ0) is 14.1. The highest BCUT2D eigenvalue weighted by molar-refractivity contribution is 5.82. The van der Waals surface area contributed by atoms with Crippen molar-refractivity contribution in [2.75, 3.05) is 0 Å². The van der Waals surface area contributed by atoms with Gasteiger partial charge in [0.25, 0.3) is 0 Å². The van der Waals surface area contributed by atoms with Gasteiger partial charge in [0.2, 0.25) is 0 Å². The highest BCUT2D eigenvalue weighted by Crippen LogP contribution is 2.23. The molecule has 0 saturated heterocycles. The van der Waals surface area contributed by atoms with Crippen molar-refractivity contribution in [2.24, 2.45) is 0 Å². The topological polar surface area (TPSA) is 66.0 Å². The normalized spacial score (nSPS) is 10.8. The minimum atomic E-state index is -0.831. The summed E-state index contributed by atoms with van der Waals surface area (Å²) in [7, 11) is 0. The molecule has 100 valence electrons. The van der Waals surface area contributed by atoms with E-state index in [2.05, 4.69) is 9.97 Å². The first kappa shape index (κ1) is 12.4. The molecule has 0 aliphatic heterocycles. The lowest BCUT2D eigenvalue weighted by Gasteiger charge is -2.00. The van der Waals surface area contributed by atoms with Gasteiger partial charge in [0.15, 0.2) is 0 Å². The van der Waals surface area contributed by atoms with Crippen LogP contribution in [0.4, 0.5) is 0 Å². The molecule has 0 spiro atoms. The largest absolute Gasteiger partial charge is 0.481 e. The average molecular weight is 266 g/mol. The number of H-pyrrole nitrogens is 1. The van der Waals surface area contributed by atoms with Crippen LogP contribution in [-0.2, 0) is 11.2 Å². The van der Waals surface area contributed by atoms with E-state index in [9.17, 15) is 4.79 Å². The molecule has 4 heteroatoms. The number of nitrogens with zero attached hydrogens (tertiary/aromatic N) is 1. The summed E-state index contributed by atoms with van der Waals surface area (Å²) in [5.74, 6) is -0.0198. The Labute approximate surface area is 116 Å². The molecule has 1 aromatic heterocycles. The van der Waals surface area contributed by atoms with Gasteiger partial charge in [-0.2, -0.15) is 0 Å². The van der Waals surface area contributed by atoms with Gasteiger partial charge in [0.05, 0.1) is 17.5 Å². The lowest BCUT2D eigenvalue weighted by Crippen LogP contribution is -1.99. The smallest absolute Gasteiger partial charge is 0.307 e. The predicted octanol–water partition coefficient (Wildman–Crippen LogP) is 3.17. The number of rotatable bonds is 3. The number of carboxylic acids is 1. The third-order valence-electron chi connectivity index (χ3n) is 3.30. The maximum Gasteiger partial charge on any atom is 0.307 e. The van der Waals surface area contributed by atoms with Gasteiger partial charge in [-0.15, -0.1) is 0 Å². The van der Waals surface area contributed by atoms with Gasteiger partial charge in [-0.1, -0.05) is 30.3 Å². The number of carbonyl (C=O) groups is 1. The van der Waals surface area contributed by atoms with Gasteiger partial charge in [-0.3, -0.25) is 4.79 Å². The molecule has 0 amide bonds. The fourth-order valence-electron chi connectivity index (χ4n) is 2.31. The lowest BCUT2D eigenvalue weighted by atomic mass is 10.1. The van der Waals surface area contributed by atoms with Gasteiger partial charge in [0, 0.05) is 5.56 Å². The molecule has 0 radical (unpaired) electrons. The molecular formula is C16H14N2O2. The van der Waals surface area contributed by atoms with E-state index in [-0.39, 0.29) is 6.42 Å². The summed E-state index contributed by atoms with van der Waals surface area (Å²) in [4.78, 5) is 18.6. The van der Waals surface area contributed by atoms with Crippen molar-refractivity contribution >= 4 is 17.0 Å². The Morgan fingerprint density at radius 3 is 2.80 bits per heavy atom. The Balaban J connectivity index is 2.07. The SMILES string of the molecule is Cc1ccccc1-c1nc2ccc(CC(=O)O)cc2[nH]1. The van der Waals surface area contributed by atoms with E-state index < -0.39 is 5.97 Å². The Hall–Kier alpha value is -2.62. The fourth-order valence-corrected chi connectivity index (χ4v) is 2.31. The average Bonchev–Trinajstić information content (AvgIpc) is 2.81. The van der Waals surface area contributed by atoms with Crippen LogP contribution in [0.25, 0.3) is 22.4 Å². The number of aliphatic carboxylic acids is 1. The predicted molar refractivity (Wildman–Crippen MR) is 77.6 cm³/mol. The van der Waals surface area contributed by atoms with E-state index in [0.29, 0.717) is 0 Å². The number of benzene rings is 2. The number of aromatic amines is 1. The molecule has 3 rings (SSSR count). The van der Waals surface area contributed by atoms with Crippen LogP contribution in [0.3, 0.4) is 0 Å². The van der Waals surface area contributed by atoms with Crippen LogP contribution in [0, 0.1) is 6.92 Å². The third-order valence-corrected chi connectivity index (χ3v) is 3.30. The molecule has 0 bridgehead atoms. The molecule has 1 heterocycles. The van der Waals surface area contributed by atoms with E-state index in [4.69, 9.17) is 5.11 Å². The molecule has 3 aromatic rings. The molecule has 0 atom stereocenters. The summed E-state index contributed by atoms with van der Waals surface area (Å²) in [6.07, 6.45) is 0.0225. The molecular weight excluding hydrogens is 252 g/mol. The molecule has 0 fully saturated rings. The van der Waals surface area contributed by atoms with Crippen molar-refractivity contribution in [3.8, 4) is 11.4 Å². The molecule has 0 aliphatic rings. The summed E-state index contributed by atoms with van der Waals surface area (Å²) in [6, 6.07) is 13.5. The Bertz CT molecular complexity index is 790. The van der Waals surface area contributed by atoms with Crippen LogP contribution >= 0.6 is 0 Å². The van der Waals surface area contributed by atoms with Gasteiger partial charge in [0.1, 0.15) is 5.82 Å². The summed E-state index contributed by atoms with van der Waals surface area (Å²) < 4.78 is 0. The van der Waals surface area contributed by atoms with E-state index in [1.54, 1.807) is 6.07 Å². The fraction of sp³-hybridized carbons (Fsp3) is 0.125. The van der Waals surface area contributed by atoms with Crippen LogP contribution in [0.2, 0.25) is 0 Å². The summed E-state index contributed by atoms with van der Waals surface area (Å²) in [5, 5.41) is 8.83. The van der Waals surface area contributed by atoms with Crippen molar-refractivity contribution in [2.45, 2.75) is 13.3 Å². The number of fused-ring (bicyclic) bond motifs is 1. The quantitative estimate of drug-likeness (QED) is 0.765. The first-order valence-corrected chi connectivity index (χ1v) is 6.40. The number of aromatic nitrogens is 2. The maximum atomic E-state index is 10.8. The summed E-state index contributed by atoms with van der Waals surface area (Å²) in [6.45, 7) is 2.04. The molecule has 4 nitrogen and oxygen atoms in total. The first-order chi connectivity index (χ1) is 9.63. The molecule has 2 N–H and O–H groups in total. The van der Waals surface area contributed by atoms with Crippen LogP contribution in [-0.4, -0.2) is 21.0 Å². The molecule has 2 aromatic carbocycles. The second kappa shape index (κ2) is 4.81. The molecule has 0 saturated carbocycles. The van der Waals surface area contributed by atoms with E-state index >= 15 is 0 Å². The summed E-state index contributed by atoms with van der Waals surface area (Å²) >= 11 is 0. The number of hydrogen-bond donors (Lipinski definition) is 2. The number of nitrogens with one attached hydrogen (secondary N) is 1.